The number of rotatable bonds is 9. The summed E-state index contributed by atoms with van der Waals surface area (Å²) in [6, 6.07) is 12.3. The van der Waals surface area contributed by atoms with Crippen molar-refractivity contribution in [1.82, 2.24) is 4.90 Å². The van der Waals surface area contributed by atoms with Crippen LogP contribution in [0.25, 0.3) is 5.76 Å². The van der Waals surface area contributed by atoms with Gasteiger partial charge in [0.05, 0.1) is 30.9 Å². The molecule has 2 aromatic carbocycles. The van der Waals surface area contributed by atoms with Crippen molar-refractivity contribution in [3.05, 3.63) is 70.3 Å². The summed E-state index contributed by atoms with van der Waals surface area (Å²) < 4.78 is 11.4. The highest BCUT2D eigenvalue weighted by molar-refractivity contribution is 6.46. The van der Waals surface area contributed by atoms with Crippen LogP contribution in [0.15, 0.2) is 48.0 Å². The highest BCUT2D eigenvalue weighted by Crippen LogP contribution is 2.40. The van der Waals surface area contributed by atoms with Crippen LogP contribution in [0.1, 0.15) is 55.5 Å². The highest BCUT2D eigenvalue weighted by Gasteiger charge is 2.45. The average Bonchev–Trinajstić information content (AvgIpc) is 3.02. The van der Waals surface area contributed by atoms with Crippen molar-refractivity contribution in [2.24, 2.45) is 0 Å². The van der Waals surface area contributed by atoms with Gasteiger partial charge in [-0.1, -0.05) is 36.8 Å². The van der Waals surface area contributed by atoms with Crippen LogP contribution in [-0.4, -0.2) is 47.6 Å². The zero-order valence-electron chi connectivity index (χ0n) is 20.1. The molecule has 1 amide bonds. The Hall–Kier alpha value is -3.12. The molecule has 0 aliphatic carbocycles. The maximum absolute atomic E-state index is 13.1. The fourth-order valence-corrected chi connectivity index (χ4v) is 4.01. The average molecular weight is 452 g/mol. The van der Waals surface area contributed by atoms with Crippen molar-refractivity contribution in [2.75, 3.05) is 19.8 Å². The Kier molecular flexibility index (Phi) is 7.92. The van der Waals surface area contributed by atoms with Crippen LogP contribution in [-0.2, 0) is 14.3 Å². The number of hydrogen-bond donors (Lipinski definition) is 1. The lowest BCUT2D eigenvalue weighted by Crippen LogP contribution is -2.33. The van der Waals surface area contributed by atoms with E-state index in [1.807, 2.05) is 58.9 Å². The van der Waals surface area contributed by atoms with E-state index in [9.17, 15) is 14.7 Å². The molecule has 1 unspecified atom stereocenters. The van der Waals surface area contributed by atoms with Crippen molar-refractivity contribution >= 4 is 17.4 Å². The topological polar surface area (TPSA) is 76.1 Å². The van der Waals surface area contributed by atoms with E-state index < -0.39 is 17.7 Å². The van der Waals surface area contributed by atoms with Gasteiger partial charge in [0.15, 0.2) is 0 Å². The van der Waals surface area contributed by atoms with Gasteiger partial charge in [0.1, 0.15) is 11.5 Å². The van der Waals surface area contributed by atoms with Crippen molar-refractivity contribution in [3.63, 3.8) is 0 Å². The summed E-state index contributed by atoms with van der Waals surface area (Å²) >= 11 is 0. The zero-order chi connectivity index (χ0) is 24.1. The van der Waals surface area contributed by atoms with Crippen LogP contribution in [0.4, 0.5) is 0 Å². The molecule has 2 aromatic rings. The number of likely N-dealkylation sites (tertiary alicyclic amines) is 1. The quantitative estimate of drug-likeness (QED) is 0.332. The molecule has 0 saturated carbocycles. The summed E-state index contributed by atoms with van der Waals surface area (Å²) in [6.45, 7) is 10.9. The first-order valence-corrected chi connectivity index (χ1v) is 11.4. The number of hydrogen-bond acceptors (Lipinski definition) is 5. The van der Waals surface area contributed by atoms with E-state index in [1.54, 1.807) is 18.2 Å². The van der Waals surface area contributed by atoms with Crippen molar-refractivity contribution in [2.45, 2.75) is 53.2 Å². The number of benzene rings is 2. The monoisotopic (exact) mass is 451 g/mol. The Balaban J connectivity index is 2.06. The molecule has 1 aliphatic rings. The molecule has 33 heavy (non-hydrogen) atoms. The number of aliphatic hydroxyl groups is 1. The van der Waals surface area contributed by atoms with Crippen molar-refractivity contribution < 1.29 is 24.2 Å². The van der Waals surface area contributed by atoms with E-state index in [0.717, 1.165) is 28.9 Å². The normalized spacial score (nSPS) is 17.8. The number of ether oxygens (including phenoxy) is 2. The minimum absolute atomic E-state index is 0.00987. The van der Waals surface area contributed by atoms with Gasteiger partial charge >= 0.3 is 0 Å². The third-order valence-electron chi connectivity index (χ3n) is 5.59. The van der Waals surface area contributed by atoms with E-state index >= 15 is 0 Å². The molecule has 1 heterocycles. The second kappa shape index (κ2) is 10.7. The van der Waals surface area contributed by atoms with Gasteiger partial charge in [0.2, 0.25) is 0 Å². The summed E-state index contributed by atoms with van der Waals surface area (Å²) in [5.74, 6) is -0.769. The fraction of sp³-hybridized carbons (Fsp3) is 0.407. The van der Waals surface area contributed by atoms with Crippen LogP contribution < -0.4 is 4.74 Å². The van der Waals surface area contributed by atoms with E-state index in [2.05, 4.69) is 0 Å². The summed E-state index contributed by atoms with van der Waals surface area (Å²) in [5, 5.41) is 11.2. The van der Waals surface area contributed by atoms with Crippen molar-refractivity contribution in [1.29, 1.82) is 0 Å². The van der Waals surface area contributed by atoms with Gasteiger partial charge in [-0.05, 0) is 63.4 Å². The van der Waals surface area contributed by atoms with Gasteiger partial charge in [-0.15, -0.1) is 0 Å². The van der Waals surface area contributed by atoms with E-state index in [-0.39, 0.29) is 24.0 Å². The summed E-state index contributed by atoms with van der Waals surface area (Å²) in [6.07, 6.45) is 0.900. The number of aliphatic hydroxyl groups excluding tert-OH is 1. The van der Waals surface area contributed by atoms with Gasteiger partial charge in [0, 0.05) is 12.1 Å². The zero-order valence-corrected chi connectivity index (χ0v) is 20.1. The van der Waals surface area contributed by atoms with Gasteiger partial charge in [-0.2, -0.15) is 0 Å². The van der Waals surface area contributed by atoms with Gasteiger partial charge in [-0.25, -0.2) is 0 Å². The molecular formula is C27H33NO5. The Morgan fingerprint density at radius 3 is 2.48 bits per heavy atom. The first-order chi connectivity index (χ1) is 15.7. The highest BCUT2D eigenvalue weighted by atomic mass is 16.5. The van der Waals surface area contributed by atoms with Crippen LogP contribution in [0.3, 0.4) is 0 Å². The molecule has 6 heteroatoms. The third-order valence-corrected chi connectivity index (χ3v) is 5.59. The molecule has 3 rings (SSSR count). The minimum atomic E-state index is -0.687. The number of carbonyl (C=O) groups excluding carboxylic acids is 2. The standard InChI is InChI=1S/C27H33NO5/c1-6-13-33-22-11-10-21(16-19(22)5)25(29)23-24(20-9-7-8-18(4)15-20)28(27(31)26(23)30)12-14-32-17(2)3/h7-11,15-17,24,29H,6,12-14H2,1-5H3/b25-23-. The van der Waals surface area contributed by atoms with E-state index in [4.69, 9.17) is 9.47 Å². The smallest absolute Gasteiger partial charge is 0.295 e. The second-order valence-corrected chi connectivity index (χ2v) is 8.65. The maximum Gasteiger partial charge on any atom is 0.295 e. The lowest BCUT2D eigenvalue weighted by molar-refractivity contribution is -0.140. The number of ketones is 1. The molecule has 1 N–H and O–H groups in total. The molecule has 1 aliphatic heterocycles. The molecule has 1 fully saturated rings. The first-order valence-electron chi connectivity index (χ1n) is 11.4. The molecular weight excluding hydrogens is 418 g/mol. The van der Waals surface area contributed by atoms with Crippen LogP contribution in [0.2, 0.25) is 0 Å². The SMILES string of the molecule is CCCOc1ccc(/C(O)=C2/C(=O)C(=O)N(CCOC(C)C)C2c2cccc(C)c2)cc1C. The van der Waals surface area contributed by atoms with E-state index in [1.165, 1.54) is 4.90 Å². The van der Waals surface area contributed by atoms with Gasteiger partial charge in [0.25, 0.3) is 11.7 Å². The summed E-state index contributed by atoms with van der Waals surface area (Å²) in [5.41, 5.74) is 3.20. The molecule has 1 saturated heterocycles. The summed E-state index contributed by atoms with van der Waals surface area (Å²) in [4.78, 5) is 27.6. The first kappa shape index (κ1) is 24.5. The third kappa shape index (κ3) is 5.45. The van der Waals surface area contributed by atoms with Crippen LogP contribution >= 0.6 is 0 Å². The Bertz CT molecular complexity index is 1060. The number of Topliss-reactive ketones (excluding diaryl/α,β-unsaturated/α-hetero) is 1. The maximum atomic E-state index is 13.1. The van der Waals surface area contributed by atoms with Crippen LogP contribution in [0, 0.1) is 13.8 Å². The van der Waals surface area contributed by atoms with Crippen molar-refractivity contribution in [3.8, 4) is 5.75 Å². The number of nitrogens with zero attached hydrogens (tertiary/aromatic N) is 1. The largest absolute Gasteiger partial charge is 0.507 e. The molecule has 0 radical (unpaired) electrons. The number of aryl methyl sites for hydroxylation is 2. The number of carbonyl (C=O) groups is 2. The molecule has 1 atom stereocenters. The molecule has 0 bridgehead atoms. The molecule has 6 nitrogen and oxygen atoms in total. The van der Waals surface area contributed by atoms with E-state index in [0.29, 0.717) is 18.8 Å². The Morgan fingerprint density at radius 2 is 1.85 bits per heavy atom. The Labute approximate surface area is 195 Å². The summed E-state index contributed by atoms with van der Waals surface area (Å²) in [7, 11) is 0. The van der Waals surface area contributed by atoms with Crippen LogP contribution in [0.5, 0.6) is 5.75 Å². The number of amides is 1. The van der Waals surface area contributed by atoms with Gasteiger partial charge < -0.3 is 19.5 Å². The Morgan fingerprint density at radius 1 is 1.09 bits per heavy atom. The second-order valence-electron chi connectivity index (χ2n) is 8.65. The fourth-order valence-electron chi connectivity index (χ4n) is 4.01. The molecule has 0 aromatic heterocycles. The lowest BCUT2D eigenvalue weighted by atomic mass is 9.94. The molecule has 0 spiro atoms. The molecule has 176 valence electrons. The lowest BCUT2D eigenvalue weighted by Gasteiger charge is -2.26. The predicted molar refractivity (Wildman–Crippen MR) is 128 cm³/mol. The predicted octanol–water partition coefficient (Wildman–Crippen LogP) is 4.94. The van der Waals surface area contributed by atoms with Gasteiger partial charge in [-0.3, -0.25) is 9.59 Å². The minimum Gasteiger partial charge on any atom is -0.507 e.